The van der Waals surface area contributed by atoms with Crippen LogP contribution in [0.3, 0.4) is 0 Å². The molecule has 2 rings (SSSR count). The molecule has 0 fully saturated rings. The molecule has 8 nitrogen and oxygen atoms in total. The van der Waals surface area contributed by atoms with Crippen LogP contribution in [0.5, 0.6) is 0 Å². The second-order valence-corrected chi connectivity index (χ2v) is 5.11. The van der Waals surface area contributed by atoms with Gasteiger partial charge in [0.15, 0.2) is 5.82 Å². The van der Waals surface area contributed by atoms with Crippen LogP contribution < -0.4 is 5.32 Å². The Kier molecular flexibility index (Phi) is 4.59. The number of carbonyl (C=O) groups is 2. The van der Waals surface area contributed by atoms with E-state index in [2.05, 4.69) is 15.5 Å². The first-order chi connectivity index (χ1) is 10.4. The van der Waals surface area contributed by atoms with Crippen molar-refractivity contribution in [3.63, 3.8) is 0 Å². The van der Waals surface area contributed by atoms with Gasteiger partial charge in [-0.05, 0) is 25.8 Å². The van der Waals surface area contributed by atoms with Gasteiger partial charge in [0.2, 0.25) is 5.91 Å². The highest BCUT2D eigenvalue weighted by molar-refractivity contribution is 5.89. The van der Waals surface area contributed by atoms with Crippen molar-refractivity contribution < 1.29 is 14.7 Å². The maximum atomic E-state index is 11.9. The van der Waals surface area contributed by atoms with Crippen LogP contribution in [0.2, 0.25) is 0 Å². The molecule has 1 amide bonds. The minimum atomic E-state index is -0.983. The molecule has 0 saturated carbocycles. The molecule has 0 aliphatic heterocycles. The molecule has 0 unspecified atom stereocenters. The number of aromatic nitrogens is 4. The fourth-order valence-corrected chi connectivity index (χ4v) is 2.28. The number of hydrogen-bond acceptors (Lipinski definition) is 4. The van der Waals surface area contributed by atoms with E-state index in [1.165, 1.54) is 10.9 Å². The van der Waals surface area contributed by atoms with Crippen LogP contribution in [0.15, 0.2) is 12.3 Å². The first-order valence-electron chi connectivity index (χ1n) is 6.91. The molecule has 2 heterocycles. The van der Waals surface area contributed by atoms with Crippen LogP contribution in [0.4, 0.5) is 5.82 Å². The number of aliphatic carboxylic acids is 1. The van der Waals surface area contributed by atoms with Crippen molar-refractivity contribution in [3.05, 3.63) is 29.2 Å². The SMILES string of the molecule is Cc1nn(C)c(C)c1CCC(=O)Nc1ccn(CC(=O)O)n1. The summed E-state index contributed by atoms with van der Waals surface area (Å²) in [4.78, 5) is 22.5. The zero-order chi connectivity index (χ0) is 16.3. The van der Waals surface area contributed by atoms with E-state index in [1.54, 1.807) is 10.7 Å². The summed E-state index contributed by atoms with van der Waals surface area (Å²) >= 11 is 0. The molecule has 0 aliphatic carbocycles. The Morgan fingerprint density at radius 3 is 2.64 bits per heavy atom. The van der Waals surface area contributed by atoms with Crippen LogP contribution >= 0.6 is 0 Å². The van der Waals surface area contributed by atoms with Crippen molar-refractivity contribution in [2.45, 2.75) is 33.2 Å². The molecule has 0 aromatic carbocycles. The lowest BCUT2D eigenvalue weighted by atomic mass is 10.1. The van der Waals surface area contributed by atoms with Crippen molar-refractivity contribution in [1.82, 2.24) is 19.6 Å². The number of nitrogens with zero attached hydrogens (tertiary/aromatic N) is 4. The Morgan fingerprint density at radius 1 is 1.32 bits per heavy atom. The number of aryl methyl sites for hydroxylation is 2. The van der Waals surface area contributed by atoms with E-state index in [-0.39, 0.29) is 12.5 Å². The van der Waals surface area contributed by atoms with E-state index < -0.39 is 5.97 Å². The van der Waals surface area contributed by atoms with Crippen molar-refractivity contribution in [1.29, 1.82) is 0 Å². The van der Waals surface area contributed by atoms with Gasteiger partial charge in [0, 0.05) is 31.4 Å². The number of carboxylic acid groups (broad SMARTS) is 1. The van der Waals surface area contributed by atoms with Crippen molar-refractivity contribution in [3.8, 4) is 0 Å². The first-order valence-corrected chi connectivity index (χ1v) is 6.91. The lowest BCUT2D eigenvalue weighted by Gasteiger charge is -2.03. The van der Waals surface area contributed by atoms with Crippen LogP contribution in [0.25, 0.3) is 0 Å². The average Bonchev–Trinajstić information content (AvgIpc) is 2.93. The molecule has 22 heavy (non-hydrogen) atoms. The van der Waals surface area contributed by atoms with Crippen LogP contribution in [-0.2, 0) is 29.6 Å². The monoisotopic (exact) mass is 305 g/mol. The van der Waals surface area contributed by atoms with Gasteiger partial charge in [0.1, 0.15) is 6.54 Å². The highest BCUT2D eigenvalue weighted by Crippen LogP contribution is 2.14. The Morgan fingerprint density at radius 2 is 2.05 bits per heavy atom. The maximum absolute atomic E-state index is 11.9. The summed E-state index contributed by atoms with van der Waals surface area (Å²) in [5, 5.41) is 19.6. The molecule has 118 valence electrons. The van der Waals surface area contributed by atoms with Gasteiger partial charge in [-0.25, -0.2) is 0 Å². The number of carboxylic acids is 1. The predicted octanol–water partition coefficient (Wildman–Crippen LogP) is 0.889. The van der Waals surface area contributed by atoms with E-state index in [0.717, 1.165) is 17.0 Å². The number of rotatable bonds is 6. The van der Waals surface area contributed by atoms with Gasteiger partial charge in [0.25, 0.3) is 0 Å². The molecule has 0 radical (unpaired) electrons. The molecule has 2 aromatic rings. The van der Waals surface area contributed by atoms with Crippen molar-refractivity contribution in [2.75, 3.05) is 5.32 Å². The summed E-state index contributed by atoms with van der Waals surface area (Å²) in [6.07, 6.45) is 2.44. The maximum Gasteiger partial charge on any atom is 0.325 e. The zero-order valence-corrected chi connectivity index (χ0v) is 12.8. The fraction of sp³-hybridized carbons (Fsp3) is 0.429. The minimum absolute atomic E-state index is 0.164. The highest BCUT2D eigenvalue weighted by atomic mass is 16.4. The van der Waals surface area contributed by atoms with Crippen LogP contribution in [-0.4, -0.2) is 36.5 Å². The fourth-order valence-electron chi connectivity index (χ4n) is 2.28. The minimum Gasteiger partial charge on any atom is -0.480 e. The smallest absolute Gasteiger partial charge is 0.325 e. The molecular weight excluding hydrogens is 286 g/mol. The molecule has 0 spiro atoms. The van der Waals surface area contributed by atoms with Gasteiger partial charge in [0.05, 0.1) is 5.69 Å². The lowest BCUT2D eigenvalue weighted by Crippen LogP contribution is -2.14. The summed E-state index contributed by atoms with van der Waals surface area (Å²) in [7, 11) is 1.88. The van der Waals surface area contributed by atoms with Gasteiger partial charge in [-0.1, -0.05) is 0 Å². The third-order valence-corrected chi connectivity index (χ3v) is 3.47. The molecule has 0 atom stereocenters. The topological polar surface area (TPSA) is 102 Å². The quantitative estimate of drug-likeness (QED) is 0.825. The molecule has 2 aromatic heterocycles. The van der Waals surface area contributed by atoms with E-state index in [1.807, 2.05) is 20.9 Å². The summed E-state index contributed by atoms with van der Waals surface area (Å²) in [6.45, 7) is 3.67. The van der Waals surface area contributed by atoms with Gasteiger partial charge < -0.3 is 10.4 Å². The van der Waals surface area contributed by atoms with Crippen LogP contribution in [0.1, 0.15) is 23.4 Å². The number of amides is 1. The molecular formula is C14H19N5O3. The molecule has 8 heteroatoms. The largest absolute Gasteiger partial charge is 0.480 e. The van der Waals surface area contributed by atoms with E-state index >= 15 is 0 Å². The standard InChI is InChI=1S/C14H19N5O3/c1-9-11(10(2)18(3)16-9)4-5-13(20)15-12-6-7-19(17-12)8-14(21)22/h6-7H,4-5,8H2,1-3H3,(H,21,22)(H,15,17,20). The lowest BCUT2D eigenvalue weighted by molar-refractivity contribution is -0.137. The van der Waals surface area contributed by atoms with Crippen molar-refractivity contribution >= 4 is 17.7 Å². The molecule has 2 N–H and O–H groups in total. The second kappa shape index (κ2) is 6.42. The third-order valence-electron chi connectivity index (χ3n) is 3.47. The zero-order valence-electron chi connectivity index (χ0n) is 12.8. The Balaban J connectivity index is 1.90. The summed E-state index contributed by atoms with van der Waals surface area (Å²) in [5.74, 6) is -0.794. The van der Waals surface area contributed by atoms with Gasteiger partial charge in [-0.15, -0.1) is 0 Å². The second-order valence-electron chi connectivity index (χ2n) is 5.11. The van der Waals surface area contributed by atoms with Gasteiger partial charge >= 0.3 is 5.97 Å². The summed E-state index contributed by atoms with van der Waals surface area (Å²) in [5.41, 5.74) is 3.06. The Labute approximate surface area is 127 Å². The van der Waals surface area contributed by atoms with Gasteiger partial charge in [-0.2, -0.15) is 10.2 Å². The summed E-state index contributed by atoms with van der Waals surface area (Å²) in [6, 6.07) is 1.57. The number of nitrogens with one attached hydrogen (secondary N) is 1. The van der Waals surface area contributed by atoms with E-state index in [4.69, 9.17) is 5.11 Å². The third kappa shape index (κ3) is 3.72. The number of anilines is 1. The Hall–Kier alpha value is -2.64. The number of carbonyl (C=O) groups excluding carboxylic acids is 1. The van der Waals surface area contributed by atoms with Crippen molar-refractivity contribution in [2.24, 2.45) is 7.05 Å². The average molecular weight is 305 g/mol. The number of hydrogen-bond donors (Lipinski definition) is 2. The first kappa shape index (κ1) is 15.7. The summed E-state index contributed by atoms with van der Waals surface area (Å²) < 4.78 is 3.06. The predicted molar refractivity (Wildman–Crippen MR) is 79.5 cm³/mol. The van der Waals surface area contributed by atoms with Gasteiger partial charge in [-0.3, -0.25) is 19.0 Å². The normalized spacial score (nSPS) is 10.7. The van der Waals surface area contributed by atoms with E-state index in [9.17, 15) is 9.59 Å². The molecule has 0 aliphatic rings. The highest BCUT2D eigenvalue weighted by Gasteiger charge is 2.12. The molecule has 0 saturated heterocycles. The molecule has 0 bridgehead atoms. The Bertz CT molecular complexity index is 701. The van der Waals surface area contributed by atoms with E-state index in [0.29, 0.717) is 18.7 Å². The van der Waals surface area contributed by atoms with Crippen LogP contribution in [0, 0.1) is 13.8 Å².